The molecule has 4 aromatic rings. The Morgan fingerprint density at radius 1 is 0.929 bits per heavy atom. The SMILES string of the molecule is Oc1c2c(I)cccc2cn1CCCc1ccc(Oc2ccc(F)cc2)cc1. The molecular formula is C23H19FINO2. The Hall–Kier alpha value is -2.54. The minimum Gasteiger partial charge on any atom is -0.494 e. The molecule has 142 valence electrons. The summed E-state index contributed by atoms with van der Waals surface area (Å²) < 4.78 is 21.6. The molecule has 1 heterocycles. The topological polar surface area (TPSA) is 34.4 Å². The van der Waals surface area contributed by atoms with Crippen molar-refractivity contribution in [1.29, 1.82) is 0 Å². The van der Waals surface area contributed by atoms with E-state index in [1.165, 1.54) is 17.7 Å². The molecule has 0 amide bonds. The number of hydrogen-bond acceptors (Lipinski definition) is 2. The average molecular weight is 487 g/mol. The summed E-state index contributed by atoms with van der Waals surface area (Å²) in [6.45, 7) is 0.754. The number of halogens is 2. The van der Waals surface area contributed by atoms with E-state index in [2.05, 4.69) is 22.6 Å². The summed E-state index contributed by atoms with van der Waals surface area (Å²) in [4.78, 5) is 0. The van der Waals surface area contributed by atoms with Gasteiger partial charge in [0.2, 0.25) is 0 Å². The number of fused-ring (bicyclic) bond motifs is 1. The third-order valence-corrected chi connectivity index (χ3v) is 5.57. The molecule has 5 heteroatoms. The third-order valence-electron chi connectivity index (χ3n) is 4.67. The number of hydrogen-bond donors (Lipinski definition) is 1. The predicted molar refractivity (Wildman–Crippen MR) is 118 cm³/mol. The van der Waals surface area contributed by atoms with Crippen molar-refractivity contribution in [3.8, 4) is 17.4 Å². The second kappa shape index (κ2) is 8.22. The maximum absolute atomic E-state index is 13.0. The maximum Gasteiger partial charge on any atom is 0.200 e. The highest BCUT2D eigenvalue weighted by atomic mass is 127. The van der Waals surface area contributed by atoms with Gasteiger partial charge < -0.3 is 14.4 Å². The van der Waals surface area contributed by atoms with Crippen LogP contribution in [-0.4, -0.2) is 9.67 Å². The lowest BCUT2D eigenvalue weighted by Crippen LogP contribution is -1.97. The van der Waals surface area contributed by atoms with E-state index in [1.807, 2.05) is 53.2 Å². The molecule has 3 aromatic carbocycles. The van der Waals surface area contributed by atoms with Crippen molar-refractivity contribution in [3.05, 3.63) is 87.9 Å². The van der Waals surface area contributed by atoms with Crippen molar-refractivity contribution in [2.75, 3.05) is 0 Å². The highest BCUT2D eigenvalue weighted by molar-refractivity contribution is 14.1. The predicted octanol–water partition coefficient (Wildman–Crippen LogP) is 6.52. The van der Waals surface area contributed by atoms with Crippen molar-refractivity contribution in [2.24, 2.45) is 0 Å². The van der Waals surface area contributed by atoms with Crippen molar-refractivity contribution >= 4 is 33.4 Å². The van der Waals surface area contributed by atoms with Crippen LogP contribution in [-0.2, 0) is 13.0 Å². The van der Waals surface area contributed by atoms with E-state index in [9.17, 15) is 9.50 Å². The van der Waals surface area contributed by atoms with E-state index in [1.54, 1.807) is 12.1 Å². The van der Waals surface area contributed by atoms with Crippen LogP contribution >= 0.6 is 22.6 Å². The number of nitrogens with zero attached hydrogens (tertiary/aromatic N) is 1. The highest BCUT2D eigenvalue weighted by Gasteiger charge is 2.10. The Kier molecular flexibility index (Phi) is 5.52. The fourth-order valence-corrected chi connectivity index (χ4v) is 4.00. The maximum atomic E-state index is 13.0. The lowest BCUT2D eigenvalue weighted by molar-refractivity contribution is 0.418. The Morgan fingerprint density at radius 2 is 1.61 bits per heavy atom. The van der Waals surface area contributed by atoms with Gasteiger partial charge in [0.25, 0.3) is 0 Å². The normalized spacial score (nSPS) is 11.1. The first-order chi connectivity index (χ1) is 13.6. The first-order valence-corrected chi connectivity index (χ1v) is 10.2. The highest BCUT2D eigenvalue weighted by Crippen LogP contribution is 2.31. The Labute approximate surface area is 176 Å². The molecule has 0 atom stereocenters. The zero-order valence-electron chi connectivity index (χ0n) is 15.1. The van der Waals surface area contributed by atoms with Crippen molar-refractivity contribution < 1.29 is 14.2 Å². The molecule has 1 N–H and O–H groups in total. The van der Waals surface area contributed by atoms with Crippen LogP contribution in [0.15, 0.2) is 72.9 Å². The van der Waals surface area contributed by atoms with E-state index < -0.39 is 0 Å². The lowest BCUT2D eigenvalue weighted by Gasteiger charge is -2.08. The van der Waals surface area contributed by atoms with E-state index in [-0.39, 0.29) is 5.82 Å². The van der Waals surface area contributed by atoms with Crippen LogP contribution in [0.3, 0.4) is 0 Å². The van der Waals surface area contributed by atoms with Gasteiger partial charge in [-0.25, -0.2) is 4.39 Å². The summed E-state index contributed by atoms with van der Waals surface area (Å²) in [5.74, 6) is 1.39. The van der Waals surface area contributed by atoms with Crippen molar-refractivity contribution in [1.82, 2.24) is 4.57 Å². The zero-order chi connectivity index (χ0) is 19.5. The summed E-state index contributed by atoms with van der Waals surface area (Å²) in [6.07, 6.45) is 3.83. The molecule has 4 rings (SSSR count). The van der Waals surface area contributed by atoms with E-state index in [4.69, 9.17) is 4.74 Å². The molecule has 0 fully saturated rings. The van der Waals surface area contributed by atoms with Gasteiger partial charge >= 0.3 is 0 Å². The monoisotopic (exact) mass is 487 g/mol. The molecule has 0 saturated heterocycles. The van der Waals surface area contributed by atoms with Crippen LogP contribution in [0.5, 0.6) is 17.4 Å². The van der Waals surface area contributed by atoms with Gasteiger partial charge in [-0.15, -0.1) is 0 Å². The first kappa shape index (κ1) is 18.8. The number of ether oxygens (including phenoxy) is 1. The smallest absolute Gasteiger partial charge is 0.200 e. The first-order valence-electron chi connectivity index (χ1n) is 9.09. The van der Waals surface area contributed by atoms with E-state index in [0.717, 1.165) is 39.5 Å². The number of aromatic hydroxyl groups is 1. The Morgan fingerprint density at radius 3 is 2.29 bits per heavy atom. The van der Waals surface area contributed by atoms with E-state index in [0.29, 0.717) is 11.6 Å². The summed E-state index contributed by atoms with van der Waals surface area (Å²) in [6, 6.07) is 19.9. The van der Waals surface area contributed by atoms with Gasteiger partial charge in [0, 0.05) is 21.7 Å². The van der Waals surface area contributed by atoms with Crippen molar-refractivity contribution in [2.45, 2.75) is 19.4 Å². The quantitative estimate of drug-likeness (QED) is 0.315. The lowest BCUT2D eigenvalue weighted by atomic mass is 10.1. The molecule has 0 saturated carbocycles. The molecule has 3 nitrogen and oxygen atoms in total. The van der Waals surface area contributed by atoms with Crippen LogP contribution in [0.25, 0.3) is 10.8 Å². The van der Waals surface area contributed by atoms with Gasteiger partial charge in [-0.1, -0.05) is 24.3 Å². The third kappa shape index (κ3) is 4.14. The molecule has 0 aliphatic heterocycles. The summed E-state index contributed by atoms with van der Waals surface area (Å²) in [5.41, 5.74) is 1.21. The van der Waals surface area contributed by atoms with Gasteiger partial charge in [0.05, 0.1) is 5.39 Å². The molecule has 0 aliphatic rings. The second-order valence-corrected chi connectivity index (χ2v) is 7.82. The standard InChI is InChI=1S/C23H19FINO2/c24-18-8-12-20(13-9-18)28-19-10-6-16(7-11-19)3-2-14-26-15-17-4-1-5-21(25)22(17)23(26)27/h1,4-13,15,27H,2-3,14H2. The number of aryl methyl sites for hydroxylation is 2. The summed E-state index contributed by atoms with van der Waals surface area (Å²) in [7, 11) is 0. The van der Waals surface area contributed by atoms with Gasteiger partial charge in [0.1, 0.15) is 17.3 Å². The minimum absolute atomic E-state index is 0.279. The zero-order valence-corrected chi connectivity index (χ0v) is 17.3. The number of aromatic nitrogens is 1. The molecule has 0 spiro atoms. The minimum atomic E-state index is -0.279. The van der Waals surface area contributed by atoms with Crippen molar-refractivity contribution in [3.63, 3.8) is 0 Å². The molecule has 0 aliphatic carbocycles. The van der Waals surface area contributed by atoms with Gasteiger partial charge in [-0.05, 0) is 83.5 Å². The fraction of sp³-hybridized carbons (Fsp3) is 0.130. The van der Waals surface area contributed by atoms with Gasteiger partial charge in [0.15, 0.2) is 5.88 Å². The largest absolute Gasteiger partial charge is 0.494 e. The average Bonchev–Trinajstić information content (AvgIpc) is 3.02. The Bertz CT molecular complexity index is 1090. The molecule has 0 unspecified atom stereocenters. The van der Waals surface area contributed by atoms with Crippen LogP contribution < -0.4 is 4.74 Å². The molecule has 1 aromatic heterocycles. The van der Waals surface area contributed by atoms with Gasteiger partial charge in [-0.2, -0.15) is 0 Å². The van der Waals surface area contributed by atoms with E-state index >= 15 is 0 Å². The Balaban J connectivity index is 1.36. The van der Waals surface area contributed by atoms with Crippen LogP contribution in [0.4, 0.5) is 4.39 Å². The molecule has 0 bridgehead atoms. The number of benzene rings is 3. The summed E-state index contributed by atoms with van der Waals surface area (Å²) in [5, 5.41) is 12.5. The van der Waals surface area contributed by atoms with Crippen LogP contribution in [0.1, 0.15) is 12.0 Å². The van der Waals surface area contributed by atoms with Crippen LogP contribution in [0, 0.1) is 9.39 Å². The van der Waals surface area contributed by atoms with Crippen LogP contribution in [0.2, 0.25) is 0 Å². The number of rotatable bonds is 6. The molecule has 28 heavy (non-hydrogen) atoms. The molecule has 0 radical (unpaired) electrons. The summed E-state index contributed by atoms with van der Waals surface area (Å²) >= 11 is 2.25. The second-order valence-electron chi connectivity index (χ2n) is 6.65. The molecular weight excluding hydrogens is 468 g/mol. The van der Waals surface area contributed by atoms with Gasteiger partial charge in [-0.3, -0.25) is 0 Å². The fourth-order valence-electron chi connectivity index (χ4n) is 3.24.